The van der Waals surface area contributed by atoms with Crippen LogP contribution in [-0.2, 0) is 24.8 Å². The molecule has 0 aromatic heterocycles. The van der Waals surface area contributed by atoms with Gasteiger partial charge in [-0.15, -0.1) is 0 Å². The number of benzene rings is 1. The Morgan fingerprint density at radius 3 is 2.57 bits per heavy atom. The average molecular weight is 433 g/mol. The third-order valence-electron chi connectivity index (χ3n) is 3.91. The average Bonchev–Trinajstić information content (AvgIpc) is 2.92. The van der Waals surface area contributed by atoms with Gasteiger partial charge in [-0.05, 0) is 46.8 Å². The van der Waals surface area contributed by atoms with Crippen LogP contribution in [0.4, 0.5) is 4.79 Å². The number of alkyl carbamates (subject to hydrolysis) is 1. The van der Waals surface area contributed by atoms with Crippen LogP contribution in [-0.4, -0.2) is 42.9 Å². The molecule has 3 atom stereocenters. The fourth-order valence-corrected chi connectivity index (χ4v) is 3.23. The number of hydrogen-bond acceptors (Lipinski definition) is 5. The maximum absolute atomic E-state index is 12.4. The van der Waals surface area contributed by atoms with E-state index in [4.69, 9.17) is 37.4 Å². The van der Waals surface area contributed by atoms with Gasteiger partial charge in [0.15, 0.2) is 0 Å². The van der Waals surface area contributed by atoms with Crippen molar-refractivity contribution < 1.29 is 23.8 Å². The number of ether oxygens (including phenoxy) is 3. The molecule has 1 heterocycles. The Morgan fingerprint density at radius 2 is 2.04 bits per heavy atom. The van der Waals surface area contributed by atoms with Crippen LogP contribution < -0.4 is 10.6 Å². The summed E-state index contributed by atoms with van der Waals surface area (Å²) in [5.74, 6) is -1.65. The first-order chi connectivity index (χ1) is 12.9. The molecule has 0 aliphatic carbocycles. The van der Waals surface area contributed by atoms with Crippen LogP contribution in [0.3, 0.4) is 0 Å². The molecule has 2 N–H and O–H groups in total. The summed E-state index contributed by atoms with van der Waals surface area (Å²) in [4.78, 5) is 24.3. The molecule has 0 radical (unpaired) electrons. The first-order valence-corrected chi connectivity index (χ1v) is 9.72. The molecule has 1 saturated heterocycles. The van der Waals surface area contributed by atoms with Crippen LogP contribution in [0.25, 0.3) is 0 Å². The number of halogens is 2. The highest BCUT2D eigenvalue weighted by Crippen LogP contribution is 2.38. The molecule has 0 bridgehead atoms. The number of rotatable bonds is 5. The van der Waals surface area contributed by atoms with Crippen LogP contribution in [0.15, 0.2) is 18.2 Å². The van der Waals surface area contributed by atoms with Crippen molar-refractivity contribution in [3.63, 3.8) is 0 Å². The topological polar surface area (TPSA) is 85.9 Å². The molecule has 1 aliphatic rings. The zero-order valence-electron chi connectivity index (χ0n) is 16.6. The van der Waals surface area contributed by atoms with Gasteiger partial charge >= 0.3 is 6.09 Å². The first kappa shape index (κ1) is 22.7. The molecular weight excluding hydrogens is 407 g/mol. The van der Waals surface area contributed by atoms with E-state index in [-0.39, 0.29) is 12.6 Å². The molecule has 1 aromatic carbocycles. The van der Waals surface area contributed by atoms with Gasteiger partial charge < -0.3 is 24.8 Å². The van der Waals surface area contributed by atoms with Gasteiger partial charge in [0.25, 0.3) is 0 Å². The number of amides is 2. The van der Waals surface area contributed by atoms with E-state index < -0.39 is 29.4 Å². The first-order valence-electron chi connectivity index (χ1n) is 8.96. The molecular formula is C19H26Cl2N2O5. The minimum Gasteiger partial charge on any atom is -0.444 e. The molecule has 156 valence electrons. The Hall–Kier alpha value is -1.54. The largest absolute Gasteiger partial charge is 0.444 e. The third kappa shape index (κ3) is 5.98. The van der Waals surface area contributed by atoms with Gasteiger partial charge in [0.2, 0.25) is 11.7 Å². The molecule has 2 rings (SSSR count). The third-order valence-corrected chi connectivity index (χ3v) is 4.45. The minimum atomic E-state index is -1.23. The smallest absolute Gasteiger partial charge is 0.408 e. The van der Waals surface area contributed by atoms with E-state index in [2.05, 4.69) is 10.6 Å². The highest BCUT2D eigenvalue weighted by Gasteiger charge is 2.43. The summed E-state index contributed by atoms with van der Waals surface area (Å²) in [7, 11) is 0. The summed E-state index contributed by atoms with van der Waals surface area (Å²) in [5, 5.41) is 6.09. The Kier molecular flexibility index (Phi) is 7.20. The van der Waals surface area contributed by atoms with Crippen molar-refractivity contribution in [3.8, 4) is 0 Å². The monoisotopic (exact) mass is 432 g/mol. The second kappa shape index (κ2) is 8.86. The number of hydrogen-bond donors (Lipinski definition) is 2. The molecule has 2 amide bonds. The zero-order valence-corrected chi connectivity index (χ0v) is 18.1. The second-order valence-electron chi connectivity index (χ2n) is 7.70. The number of carbonyl (C=O) groups is 2. The Labute approximate surface area is 175 Å². The van der Waals surface area contributed by atoms with Crippen LogP contribution in [0.2, 0.25) is 10.0 Å². The van der Waals surface area contributed by atoms with E-state index in [9.17, 15) is 9.59 Å². The normalized spacial score (nSPS) is 23.2. The standard InChI is InChI=1S/C19H26Cl2N2O5/c1-11-9-26-19(27-11,14-7-6-13(20)8-15(14)21)10-22-16(24)12(2)23-17(25)28-18(3,4)5/h6-8,11-12H,9-10H2,1-5H3,(H,22,24)(H,23,25). The maximum Gasteiger partial charge on any atom is 0.408 e. The van der Waals surface area contributed by atoms with Gasteiger partial charge in [0.1, 0.15) is 11.6 Å². The molecule has 1 aromatic rings. The predicted octanol–water partition coefficient (Wildman–Crippen LogP) is 3.61. The van der Waals surface area contributed by atoms with Gasteiger partial charge in [-0.1, -0.05) is 29.3 Å². The molecule has 7 nitrogen and oxygen atoms in total. The van der Waals surface area contributed by atoms with Gasteiger partial charge in [0.05, 0.1) is 24.3 Å². The number of nitrogens with one attached hydrogen (secondary N) is 2. The highest BCUT2D eigenvalue weighted by molar-refractivity contribution is 6.35. The maximum atomic E-state index is 12.4. The van der Waals surface area contributed by atoms with Crippen molar-refractivity contribution in [1.82, 2.24) is 10.6 Å². The van der Waals surface area contributed by atoms with Gasteiger partial charge in [-0.25, -0.2) is 4.79 Å². The van der Waals surface area contributed by atoms with E-state index in [0.717, 1.165) is 0 Å². The molecule has 1 aliphatic heterocycles. The Morgan fingerprint density at radius 1 is 1.36 bits per heavy atom. The lowest BCUT2D eigenvalue weighted by atomic mass is 10.1. The van der Waals surface area contributed by atoms with E-state index in [1.165, 1.54) is 0 Å². The van der Waals surface area contributed by atoms with Gasteiger partial charge in [-0.2, -0.15) is 0 Å². The van der Waals surface area contributed by atoms with Crippen LogP contribution in [0.1, 0.15) is 40.2 Å². The quantitative estimate of drug-likeness (QED) is 0.741. The second-order valence-corrected chi connectivity index (χ2v) is 8.55. The Balaban J connectivity index is 2.06. The number of carbonyl (C=O) groups excluding carboxylic acids is 2. The van der Waals surface area contributed by atoms with Crippen molar-refractivity contribution in [3.05, 3.63) is 33.8 Å². The predicted molar refractivity (Wildman–Crippen MR) is 106 cm³/mol. The van der Waals surface area contributed by atoms with Crippen molar-refractivity contribution in [2.75, 3.05) is 13.2 Å². The Bertz CT molecular complexity index is 738. The van der Waals surface area contributed by atoms with Crippen LogP contribution >= 0.6 is 23.2 Å². The SMILES string of the molecule is CC1COC(CNC(=O)C(C)NC(=O)OC(C)(C)C)(c2ccc(Cl)cc2Cl)O1. The van der Waals surface area contributed by atoms with Crippen LogP contribution in [0, 0.1) is 0 Å². The van der Waals surface area contributed by atoms with Crippen molar-refractivity contribution in [2.24, 2.45) is 0 Å². The van der Waals surface area contributed by atoms with Crippen LogP contribution in [0.5, 0.6) is 0 Å². The summed E-state index contributed by atoms with van der Waals surface area (Å²) in [6, 6.07) is 4.16. The molecule has 1 fully saturated rings. The fraction of sp³-hybridized carbons (Fsp3) is 0.579. The van der Waals surface area contributed by atoms with E-state index in [1.54, 1.807) is 45.9 Å². The van der Waals surface area contributed by atoms with E-state index >= 15 is 0 Å². The minimum absolute atomic E-state index is 0.0118. The lowest BCUT2D eigenvalue weighted by Crippen LogP contribution is -2.50. The summed E-state index contributed by atoms with van der Waals surface area (Å²) < 4.78 is 17.0. The van der Waals surface area contributed by atoms with Crippen molar-refractivity contribution >= 4 is 35.2 Å². The lowest BCUT2D eigenvalue weighted by molar-refractivity contribution is -0.173. The van der Waals surface area contributed by atoms with E-state index in [0.29, 0.717) is 22.2 Å². The summed E-state index contributed by atoms with van der Waals surface area (Å²) in [5.41, 5.74) is -0.0897. The van der Waals surface area contributed by atoms with Crippen molar-refractivity contribution in [2.45, 2.75) is 58.2 Å². The highest BCUT2D eigenvalue weighted by atomic mass is 35.5. The van der Waals surface area contributed by atoms with Crippen molar-refractivity contribution in [1.29, 1.82) is 0 Å². The zero-order chi connectivity index (χ0) is 21.1. The van der Waals surface area contributed by atoms with Gasteiger partial charge in [-0.3, -0.25) is 4.79 Å². The summed E-state index contributed by atoms with van der Waals surface area (Å²) in [6.07, 6.45) is -0.853. The molecule has 3 unspecified atom stereocenters. The molecule has 0 spiro atoms. The molecule has 0 saturated carbocycles. The summed E-state index contributed by atoms with van der Waals surface area (Å²) in [6.45, 7) is 9.01. The fourth-order valence-electron chi connectivity index (χ4n) is 2.68. The summed E-state index contributed by atoms with van der Waals surface area (Å²) >= 11 is 12.3. The van der Waals surface area contributed by atoms with E-state index in [1.807, 2.05) is 6.92 Å². The van der Waals surface area contributed by atoms with Gasteiger partial charge in [0, 0.05) is 10.6 Å². The lowest BCUT2D eigenvalue weighted by Gasteiger charge is -2.30. The molecule has 28 heavy (non-hydrogen) atoms. The molecule has 9 heteroatoms.